The Morgan fingerprint density at radius 3 is 2.09 bits per heavy atom. The molecule has 3 aromatic carbocycles. The fourth-order valence-electron chi connectivity index (χ4n) is 2.85. The number of hydrogen-bond acceptors (Lipinski definition) is 1. The van der Waals surface area contributed by atoms with E-state index in [1.165, 1.54) is 33.0 Å². The second-order valence-corrected chi connectivity index (χ2v) is 5.35. The molecule has 0 amide bonds. The van der Waals surface area contributed by atoms with E-state index in [2.05, 4.69) is 77.8 Å². The molecule has 22 heavy (non-hydrogen) atoms. The minimum atomic E-state index is 1.17. The van der Waals surface area contributed by atoms with E-state index in [0.717, 1.165) is 0 Å². The number of aromatic nitrogens is 1. The van der Waals surface area contributed by atoms with Gasteiger partial charge in [-0.1, -0.05) is 72.8 Å². The smallest absolute Gasteiger partial charge is 0.0346 e. The van der Waals surface area contributed by atoms with Crippen molar-refractivity contribution in [3.8, 4) is 22.3 Å². The van der Waals surface area contributed by atoms with Crippen molar-refractivity contribution in [3.63, 3.8) is 0 Å². The lowest BCUT2D eigenvalue weighted by molar-refractivity contribution is 1.36. The second-order valence-electron chi connectivity index (χ2n) is 5.35. The lowest BCUT2D eigenvalue weighted by Gasteiger charge is -2.08. The van der Waals surface area contributed by atoms with E-state index in [1.54, 1.807) is 0 Å². The number of hydrogen-bond donors (Lipinski definition) is 0. The predicted molar refractivity (Wildman–Crippen MR) is 92.6 cm³/mol. The largest absolute Gasteiger partial charge is 0.264 e. The van der Waals surface area contributed by atoms with Gasteiger partial charge in [0, 0.05) is 17.8 Å². The van der Waals surface area contributed by atoms with E-state index in [1.807, 2.05) is 18.5 Å². The Morgan fingerprint density at radius 1 is 0.545 bits per heavy atom. The van der Waals surface area contributed by atoms with Gasteiger partial charge in [-0.15, -0.1) is 0 Å². The Hall–Kier alpha value is -2.93. The summed E-state index contributed by atoms with van der Waals surface area (Å²) in [6.07, 6.45) is 3.77. The van der Waals surface area contributed by atoms with Gasteiger partial charge in [-0.25, -0.2) is 0 Å². The van der Waals surface area contributed by atoms with Crippen LogP contribution in [-0.2, 0) is 0 Å². The maximum absolute atomic E-state index is 4.20. The minimum Gasteiger partial charge on any atom is -0.264 e. The van der Waals surface area contributed by atoms with Crippen molar-refractivity contribution >= 4 is 10.8 Å². The highest BCUT2D eigenvalue weighted by Gasteiger charge is 2.04. The molecule has 0 aliphatic carbocycles. The Kier molecular flexibility index (Phi) is 3.17. The van der Waals surface area contributed by atoms with Crippen LogP contribution in [0.2, 0.25) is 0 Å². The maximum atomic E-state index is 4.20. The first-order valence-electron chi connectivity index (χ1n) is 7.40. The van der Waals surface area contributed by atoms with Gasteiger partial charge < -0.3 is 0 Å². The summed E-state index contributed by atoms with van der Waals surface area (Å²) in [6.45, 7) is 0. The normalized spacial score (nSPS) is 10.7. The molecule has 0 bridgehead atoms. The third-order valence-corrected chi connectivity index (χ3v) is 3.98. The third-order valence-electron chi connectivity index (χ3n) is 3.98. The van der Waals surface area contributed by atoms with Crippen LogP contribution in [0.5, 0.6) is 0 Å². The van der Waals surface area contributed by atoms with Crippen LogP contribution in [-0.4, -0.2) is 4.98 Å². The van der Waals surface area contributed by atoms with Crippen molar-refractivity contribution in [2.45, 2.75) is 0 Å². The summed E-state index contributed by atoms with van der Waals surface area (Å²) < 4.78 is 0. The predicted octanol–water partition coefficient (Wildman–Crippen LogP) is 5.57. The summed E-state index contributed by atoms with van der Waals surface area (Å²) in [5, 5.41) is 2.41. The highest BCUT2D eigenvalue weighted by atomic mass is 14.6. The van der Waals surface area contributed by atoms with E-state index in [-0.39, 0.29) is 0 Å². The zero-order valence-corrected chi connectivity index (χ0v) is 12.1. The molecule has 1 heterocycles. The zero-order chi connectivity index (χ0) is 14.8. The van der Waals surface area contributed by atoms with Crippen LogP contribution in [0.1, 0.15) is 0 Å². The standard InChI is InChI=1S/C21H15N/c1-2-5-16(6-3-1)17-9-11-18(12-10-17)20-8-4-7-19-15-22-14-13-21(19)20/h1-15H. The van der Waals surface area contributed by atoms with Gasteiger partial charge in [0.1, 0.15) is 0 Å². The fraction of sp³-hybridized carbons (Fsp3) is 0. The van der Waals surface area contributed by atoms with Crippen molar-refractivity contribution < 1.29 is 0 Å². The summed E-state index contributed by atoms with van der Waals surface area (Å²) >= 11 is 0. The van der Waals surface area contributed by atoms with Gasteiger partial charge in [0.2, 0.25) is 0 Å². The lowest BCUT2D eigenvalue weighted by Crippen LogP contribution is -1.83. The highest BCUT2D eigenvalue weighted by Crippen LogP contribution is 2.29. The minimum absolute atomic E-state index is 1.17. The molecular weight excluding hydrogens is 266 g/mol. The molecule has 0 aliphatic heterocycles. The summed E-state index contributed by atoms with van der Waals surface area (Å²) in [6, 6.07) is 27.6. The second kappa shape index (κ2) is 5.45. The summed E-state index contributed by atoms with van der Waals surface area (Å²) in [5.74, 6) is 0. The van der Waals surface area contributed by atoms with Crippen molar-refractivity contribution in [1.29, 1.82) is 0 Å². The van der Waals surface area contributed by atoms with Gasteiger partial charge in [-0.05, 0) is 33.7 Å². The van der Waals surface area contributed by atoms with Crippen LogP contribution in [0.15, 0.2) is 91.3 Å². The Bertz CT molecular complexity index is 904. The van der Waals surface area contributed by atoms with Crippen LogP contribution in [0, 0.1) is 0 Å². The Balaban J connectivity index is 1.80. The number of nitrogens with zero attached hydrogens (tertiary/aromatic N) is 1. The maximum Gasteiger partial charge on any atom is 0.0346 e. The van der Waals surface area contributed by atoms with Gasteiger partial charge in [0.15, 0.2) is 0 Å². The quantitative estimate of drug-likeness (QED) is 0.468. The molecular formula is C21H15N. The number of fused-ring (bicyclic) bond motifs is 1. The van der Waals surface area contributed by atoms with Gasteiger partial charge >= 0.3 is 0 Å². The molecule has 0 unspecified atom stereocenters. The topological polar surface area (TPSA) is 12.9 Å². The van der Waals surface area contributed by atoms with Crippen molar-refractivity contribution in [3.05, 3.63) is 91.3 Å². The first-order valence-corrected chi connectivity index (χ1v) is 7.40. The molecule has 4 aromatic rings. The van der Waals surface area contributed by atoms with E-state index in [4.69, 9.17) is 0 Å². The van der Waals surface area contributed by atoms with Crippen LogP contribution in [0.3, 0.4) is 0 Å². The van der Waals surface area contributed by atoms with Crippen LogP contribution >= 0.6 is 0 Å². The Morgan fingerprint density at radius 2 is 1.27 bits per heavy atom. The van der Waals surface area contributed by atoms with E-state index >= 15 is 0 Å². The molecule has 1 nitrogen and oxygen atoms in total. The third kappa shape index (κ3) is 2.27. The van der Waals surface area contributed by atoms with Crippen LogP contribution in [0.25, 0.3) is 33.0 Å². The van der Waals surface area contributed by atoms with Crippen molar-refractivity contribution in [2.24, 2.45) is 0 Å². The van der Waals surface area contributed by atoms with Crippen molar-refractivity contribution in [1.82, 2.24) is 4.98 Å². The molecule has 0 N–H and O–H groups in total. The van der Waals surface area contributed by atoms with E-state index in [9.17, 15) is 0 Å². The molecule has 0 fully saturated rings. The zero-order valence-electron chi connectivity index (χ0n) is 12.1. The molecule has 1 heteroatoms. The molecule has 4 rings (SSSR count). The van der Waals surface area contributed by atoms with Crippen molar-refractivity contribution in [2.75, 3.05) is 0 Å². The highest BCUT2D eigenvalue weighted by molar-refractivity contribution is 5.96. The number of benzene rings is 3. The number of rotatable bonds is 2. The van der Waals surface area contributed by atoms with Gasteiger partial charge in [-0.3, -0.25) is 4.98 Å². The molecule has 0 saturated carbocycles. The average molecular weight is 281 g/mol. The fourth-order valence-corrected chi connectivity index (χ4v) is 2.85. The first kappa shape index (κ1) is 12.8. The molecule has 0 aliphatic rings. The molecule has 0 radical (unpaired) electrons. The van der Waals surface area contributed by atoms with E-state index in [0.29, 0.717) is 0 Å². The number of pyridine rings is 1. The van der Waals surface area contributed by atoms with E-state index < -0.39 is 0 Å². The molecule has 1 aromatic heterocycles. The monoisotopic (exact) mass is 281 g/mol. The van der Waals surface area contributed by atoms with Gasteiger partial charge in [-0.2, -0.15) is 0 Å². The molecule has 0 spiro atoms. The average Bonchev–Trinajstić information content (AvgIpc) is 2.62. The molecule has 0 saturated heterocycles. The molecule has 104 valence electrons. The van der Waals surface area contributed by atoms with Crippen LogP contribution < -0.4 is 0 Å². The molecule has 0 atom stereocenters. The Labute approximate surface area is 129 Å². The SMILES string of the molecule is c1ccc(-c2ccc(-c3cccc4cnccc34)cc2)cc1. The summed E-state index contributed by atoms with van der Waals surface area (Å²) in [7, 11) is 0. The summed E-state index contributed by atoms with van der Waals surface area (Å²) in [5.41, 5.74) is 4.97. The van der Waals surface area contributed by atoms with Crippen LogP contribution in [0.4, 0.5) is 0 Å². The summed E-state index contributed by atoms with van der Waals surface area (Å²) in [4.78, 5) is 4.20. The van der Waals surface area contributed by atoms with Gasteiger partial charge in [0.25, 0.3) is 0 Å². The first-order chi connectivity index (χ1) is 10.9. The lowest BCUT2D eigenvalue weighted by atomic mass is 9.97. The van der Waals surface area contributed by atoms with Gasteiger partial charge in [0.05, 0.1) is 0 Å².